The highest BCUT2D eigenvalue weighted by Crippen LogP contribution is 2.54. The van der Waals surface area contributed by atoms with Gasteiger partial charge < -0.3 is 10.3 Å². The third-order valence-electron chi connectivity index (χ3n) is 6.31. The van der Waals surface area contributed by atoms with Crippen LogP contribution in [0.5, 0.6) is 0 Å². The maximum Gasteiger partial charge on any atom is 0.248 e. The fourth-order valence-corrected chi connectivity index (χ4v) is 4.49. The van der Waals surface area contributed by atoms with Crippen LogP contribution in [0.3, 0.4) is 0 Å². The van der Waals surface area contributed by atoms with E-state index in [2.05, 4.69) is 60.8 Å². The predicted molar refractivity (Wildman–Crippen MR) is 119 cm³/mol. The van der Waals surface area contributed by atoms with Gasteiger partial charge in [0.25, 0.3) is 0 Å². The van der Waals surface area contributed by atoms with Gasteiger partial charge in [-0.1, -0.05) is 69.7 Å². The molecule has 1 aliphatic carbocycles. The standard InChI is InChI=1S/C25H30N4O/c1-4-8-21(17(2)3)29-23(19-13-11-18(12-14-19)22(26)30)27-28-24(29)25(15-16-25)20-9-6-5-7-10-20/h5-7,9-14,17,21H,4,8,15-16H2,1-3H3,(H2,26,30). The molecular weight excluding hydrogens is 372 g/mol. The number of carbonyl (C=O) groups is 1. The zero-order valence-corrected chi connectivity index (χ0v) is 18.0. The second-order valence-electron chi connectivity index (χ2n) is 8.71. The van der Waals surface area contributed by atoms with Gasteiger partial charge in [0.2, 0.25) is 5.91 Å². The van der Waals surface area contributed by atoms with Crippen LogP contribution in [0, 0.1) is 5.92 Å². The van der Waals surface area contributed by atoms with Crippen LogP contribution in [0.25, 0.3) is 11.4 Å². The number of rotatable bonds is 8. The molecule has 0 aliphatic heterocycles. The molecule has 4 rings (SSSR count). The molecule has 1 atom stereocenters. The monoisotopic (exact) mass is 402 g/mol. The molecule has 0 saturated heterocycles. The molecule has 0 radical (unpaired) electrons. The Morgan fingerprint density at radius 1 is 1.07 bits per heavy atom. The van der Waals surface area contributed by atoms with Crippen molar-refractivity contribution < 1.29 is 4.79 Å². The van der Waals surface area contributed by atoms with E-state index >= 15 is 0 Å². The van der Waals surface area contributed by atoms with Crippen LogP contribution in [0.2, 0.25) is 0 Å². The highest BCUT2D eigenvalue weighted by Gasteiger charge is 2.51. The van der Waals surface area contributed by atoms with Gasteiger partial charge >= 0.3 is 0 Å². The molecule has 2 aromatic carbocycles. The lowest BCUT2D eigenvalue weighted by Crippen LogP contribution is -2.24. The Bertz CT molecular complexity index is 1020. The van der Waals surface area contributed by atoms with Gasteiger partial charge in [-0.25, -0.2) is 0 Å². The number of hydrogen-bond acceptors (Lipinski definition) is 3. The van der Waals surface area contributed by atoms with Crippen LogP contribution < -0.4 is 5.73 Å². The Balaban J connectivity index is 1.87. The maximum absolute atomic E-state index is 11.5. The highest BCUT2D eigenvalue weighted by molar-refractivity contribution is 5.93. The number of hydrogen-bond donors (Lipinski definition) is 1. The molecule has 1 unspecified atom stereocenters. The average molecular weight is 403 g/mol. The van der Waals surface area contributed by atoms with Gasteiger partial charge in [0.05, 0.1) is 5.41 Å². The van der Waals surface area contributed by atoms with Crippen LogP contribution in [0.15, 0.2) is 54.6 Å². The second kappa shape index (κ2) is 8.05. The van der Waals surface area contributed by atoms with E-state index in [1.165, 1.54) is 5.56 Å². The molecule has 1 amide bonds. The molecular formula is C25H30N4O. The Hall–Kier alpha value is -2.95. The normalized spacial score (nSPS) is 15.9. The molecule has 1 aromatic heterocycles. The van der Waals surface area contributed by atoms with E-state index in [-0.39, 0.29) is 5.41 Å². The largest absolute Gasteiger partial charge is 0.366 e. The van der Waals surface area contributed by atoms with E-state index in [4.69, 9.17) is 10.8 Å². The van der Waals surface area contributed by atoms with E-state index in [1.807, 2.05) is 12.1 Å². The van der Waals surface area contributed by atoms with Gasteiger partial charge in [-0.05, 0) is 42.9 Å². The number of primary amides is 1. The number of aromatic nitrogens is 3. The topological polar surface area (TPSA) is 73.8 Å². The second-order valence-corrected chi connectivity index (χ2v) is 8.71. The number of amides is 1. The number of nitrogens with two attached hydrogens (primary N) is 1. The third-order valence-corrected chi connectivity index (χ3v) is 6.31. The lowest BCUT2D eigenvalue weighted by Gasteiger charge is -2.28. The van der Waals surface area contributed by atoms with Gasteiger partial charge in [0, 0.05) is 17.2 Å². The van der Waals surface area contributed by atoms with Crippen molar-refractivity contribution in [1.82, 2.24) is 14.8 Å². The van der Waals surface area contributed by atoms with E-state index in [1.54, 1.807) is 12.1 Å². The maximum atomic E-state index is 11.5. The summed E-state index contributed by atoms with van der Waals surface area (Å²) in [5.74, 6) is 1.97. The van der Waals surface area contributed by atoms with E-state index in [0.29, 0.717) is 17.5 Å². The number of nitrogens with zero attached hydrogens (tertiary/aromatic N) is 3. The zero-order valence-electron chi connectivity index (χ0n) is 18.0. The summed E-state index contributed by atoms with van der Waals surface area (Å²) in [5, 5.41) is 9.44. The molecule has 3 aromatic rings. The van der Waals surface area contributed by atoms with Crippen LogP contribution in [0.4, 0.5) is 0 Å². The Morgan fingerprint density at radius 3 is 2.27 bits per heavy atom. The van der Waals surface area contributed by atoms with Crippen molar-refractivity contribution in [3.8, 4) is 11.4 Å². The minimum absolute atomic E-state index is 0.0550. The van der Waals surface area contributed by atoms with Crippen molar-refractivity contribution in [2.24, 2.45) is 11.7 Å². The molecule has 156 valence electrons. The first kappa shape index (κ1) is 20.3. The fraction of sp³-hybridized carbons (Fsp3) is 0.400. The lowest BCUT2D eigenvalue weighted by atomic mass is 9.92. The first-order chi connectivity index (χ1) is 14.5. The van der Waals surface area contributed by atoms with Gasteiger partial charge in [-0.3, -0.25) is 4.79 Å². The summed E-state index contributed by atoms with van der Waals surface area (Å²) in [4.78, 5) is 11.5. The van der Waals surface area contributed by atoms with Crippen LogP contribution >= 0.6 is 0 Å². The quantitative estimate of drug-likeness (QED) is 0.568. The van der Waals surface area contributed by atoms with Gasteiger partial charge in [0.15, 0.2) is 5.82 Å². The average Bonchev–Trinajstić information content (AvgIpc) is 3.45. The fourth-order valence-electron chi connectivity index (χ4n) is 4.49. The summed E-state index contributed by atoms with van der Waals surface area (Å²) in [6.07, 6.45) is 4.35. The molecule has 30 heavy (non-hydrogen) atoms. The molecule has 5 heteroatoms. The molecule has 5 nitrogen and oxygen atoms in total. The Labute approximate surface area is 178 Å². The first-order valence-corrected chi connectivity index (χ1v) is 10.9. The molecule has 1 aliphatic rings. The van der Waals surface area contributed by atoms with E-state index in [0.717, 1.165) is 42.9 Å². The van der Waals surface area contributed by atoms with Crippen molar-refractivity contribution in [3.63, 3.8) is 0 Å². The summed E-state index contributed by atoms with van der Waals surface area (Å²) in [6, 6.07) is 18.4. The Morgan fingerprint density at radius 2 is 1.73 bits per heavy atom. The van der Waals surface area contributed by atoms with Crippen LogP contribution in [-0.4, -0.2) is 20.7 Å². The zero-order chi connectivity index (χ0) is 21.3. The minimum Gasteiger partial charge on any atom is -0.366 e. The van der Waals surface area contributed by atoms with Gasteiger partial charge in [0.1, 0.15) is 5.82 Å². The van der Waals surface area contributed by atoms with Crippen molar-refractivity contribution in [2.45, 2.75) is 57.9 Å². The van der Waals surface area contributed by atoms with Crippen LogP contribution in [-0.2, 0) is 5.41 Å². The first-order valence-electron chi connectivity index (χ1n) is 10.9. The molecule has 1 saturated carbocycles. The highest BCUT2D eigenvalue weighted by atomic mass is 16.1. The van der Waals surface area contributed by atoms with Crippen molar-refractivity contribution in [3.05, 3.63) is 71.5 Å². The lowest BCUT2D eigenvalue weighted by molar-refractivity contribution is 0.100. The smallest absolute Gasteiger partial charge is 0.248 e. The molecule has 2 N–H and O–H groups in total. The summed E-state index contributed by atoms with van der Waals surface area (Å²) < 4.78 is 2.38. The van der Waals surface area contributed by atoms with Gasteiger partial charge in [-0.15, -0.1) is 10.2 Å². The molecule has 0 spiro atoms. The summed E-state index contributed by atoms with van der Waals surface area (Å²) >= 11 is 0. The van der Waals surface area contributed by atoms with Crippen molar-refractivity contribution in [1.29, 1.82) is 0 Å². The van der Waals surface area contributed by atoms with Crippen molar-refractivity contribution >= 4 is 5.91 Å². The van der Waals surface area contributed by atoms with E-state index in [9.17, 15) is 4.79 Å². The molecule has 1 heterocycles. The summed E-state index contributed by atoms with van der Waals surface area (Å²) in [6.45, 7) is 6.77. The third kappa shape index (κ3) is 3.53. The number of carbonyl (C=O) groups excluding carboxylic acids is 1. The van der Waals surface area contributed by atoms with Crippen LogP contribution in [0.1, 0.15) is 74.2 Å². The van der Waals surface area contributed by atoms with Crippen molar-refractivity contribution in [2.75, 3.05) is 0 Å². The van der Waals surface area contributed by atoms with E-state index < -0.39 is 5.91 Å². The molecule has 1 fully saturated rings. The number of benzene rings is 2. The SMILES string of the molecule is CCCC(C(C)C)n1c(-c2ccc(C(N)=O)cc2)nnc1C1(c2ccccc2)CC1. The summed E-state index contributed by atoms with van der Waals surface area (Å²) in [5.41, 5.74) is 8.14. The minimum atomic E-state index is -0.421. The molecule has 0 bridgehead atoms. The predicted octanol–water partition coefficient (Wildman–Crippen LogP) is 5.12. The van der Waals surface area contributed by atoms with Gasteiger partial charge in [-0.2, -0.15) is 0 Å². The summed E-state index contributed by atoms with van der Waals surface area (Å²) in [7, 11) is 0. The Kier molecular flexibility index (Phi) is 5.46.